The van der Waals surface area contributed by atoms with Gasteiger partial charge in [0.1, 0.15) is 17.3 Å². The van der Waals surface area contributed by atoms with Crippen LogP contribution in [0.5, 0.6) is 0 Å². The second-order valence-electron chi connectivity index (χ2n) is 5.10. The quantitative estimate of drug-likeness (QED) is 0.877. The number of benzene rings is 1. The summed E-state index contributed by atoms with van der Waals surface area (Å²) in [6, 6.07) is 1.66. The first kappa shape index (κ1) is 13.8. The van der Waals surface area contributed by atoms with Gasteiger partial charge in [0.2, 0.25) is 0 Å². The molecule has 0 heterocycles. The molecule has 0 saturated heterocycles. The van der Waals surface area contributed by atoms with E-state index < -0.39 is 17.6 Å². The molecule has 0 aromatic heterocycles. The summed E-state index contributed by atoms with van der Waals surface area (Å²) < 4.78 is 27.5. The van der Waals surface area contributed by atoms with Gasteiger partial charge in [0.05, 0.1) is 5.56 Å². The Morgan fingerprint density at radius 1 is 1.32 bits per heavy atom. The second kappa shape index (κ2) is 5.55. The number of aromatic carboxylic acids is 1. The van der Waals surface area contributed by atoms with Crippen LogP contribution in [-0.2, 0) is 0 Å². The van der Waals surface area contributed by atoms with Gasteiger partial charge in [-0.2, -0.15) is 0 Å². The fourth-order valence-corrected chi connectivity index (χ4v) is 2.64. The van der Waals surface area contributed by atoms with Gasteiger partial charge in [-0.3, -0.25) is 0 Å². The summed E-state index contributed by atoms with van der Waals surface area (Å²) in [5.41, 5.74) is -0.613. The van der Waals surface area contributed by atoms with E-state index in [4.69, 9.17) is 5.11 Å². The number of carboxylic acids is 1. The topological polar surface area (TPSA) is 49.3 Å². The molecule has 1 fully saturated rings. The molecule has 104 valence electrons. The van der Waals surface area contributed by atoms with Gasteiger partial charge in [0.15, 0.2) is 0 Å². The van der Waals surface area contributed by atoms with Crippen molar-refractivity contribution in [1.29, 1.82) is 0 Å². The average molecular weight is 269 g/mol. The van der Waals surface area contributed by atoms with Gasteiger partial charge in [0, 0.05) is 6.04 Å². The van der Waals surface area contributed by atoms with E-state index in [2.05, 4.69) is 5.32 Å². The average Bonchev–Trinajstić information content (AvgIpc) is 2.86. The monoisotopic (exact) mass is 269 g/mol. The lowest BCUT2D eigenvalue weighted by atomic mass is 9.99. The van der Waals surface area contributed by atoms with E-state index in [9.17, 15) is 13.6 Å². The van der Waals surface area contributed by atoms with Crippen LogP contribution < -0.4 is 5.32 Å². The molecule has 1 aromatic carbocycles. The highest BCUT2D eigenvalue weighted by molar-refractivity contribution is 5.88. The third-order valence-corrected chi connectivity index (χ3v) is 3.77. The molecule has 1 aliphatic rings. The van der Waals surface area contributed by atoms with E-state index in [1.165, 1.54) is 0 Å². The van der Waals surface area contributed by atoms with Crippen molar-refractivity contribution in [1.82, 2.24) is 0 Å². The third-order valence-electron chi connectivity index (χ3n) is 3.77. The Hall–Kier alpha value is -1.65. The van der Waals surface area contributed by atoms with Gasteiger partial charge in [-0.05, 0) is 37.8 Å². The normalized spacial score (nSPS) is 17.4. The van der Waals surface area contributed by atoms with Crippen molar-refractivity contribution in [2.45, 2.75) is 38.6 Å². The fraction of sp³-hybridized carbons (Fsp3) is 0.500. The summed E-state index contributed by atoms with van der Waals surface area (Å²) in [5.74, 6) is -2.64. The highest BCUT2D eigenvalue weighted by Gasteiger charge is 2.23. The Morgan fingerprint density at radius 3 is 2.32 bits per heavy atom. The van der Waals surface area contributed by atoms with Crippen LogP contribution in [0.4, 0.5) is 14.5 Å². The lowest BCUT2D eigenvalue weighted by Crippen LogP contribution is -2.25. The molecule has 1 saturated carbocycles. The van der Waals surface area contributed by atoms with Crippen LogP contribution in [0.3, 0.4) is 0 Å². The number of carbonyl (C=O) groups is 1. The van der Waals surface area contributed by atoms with Gasteiger partial charge in [0.25, 0.3) is 0 Å². The zero-order chi connectivity index (χ0) is 14.0. The number of rotatable bonds is 4. The highest BCUT2D eigenvalue weighted by Crippen LogP contribution is 2.30. The summed E-state index contributed by atoms with van der Waals surface area (Å²) in [6.45, 7) is 1.90. The summed E-state index contributed by atoms with van der Waals surface area (Å²) in [6.07, 6.45) is 4.43. The Bertz CT molecular complexity index is 461. The summed E-state index contributed by atoms with van der Waals surface area (Å²) >= 11 is 0. The van der Waals surface area contributed by atoms with E-state index >= 15 is 0 Å². The summed E-state index contributed by atoms with van der Waals surface area (Å²) in [4.78, 5) is 10.7. The van der Waals surface area contributed by atoms with Gasteiger partial charge < -0.3 is 10.4 Å². The maximum Gasteiger partial charge on any atom is 0.335 e. The zero-order valence-electron chi connectivity index (χ0n) is 10.7. The van der Waals surface area contributed by atoms with E-state index in [1.54, 1.807) is 0 Å². The minimum atomic E-state index is -1.34. The number of carboxylic acid groups (broad SMARTS) is 1. The molecule has 3 nitrogen and oxygen atoms in total. The predicted molar refractivity (Wildman–Crippen MR) is 68.4 cm³/mol. The molecule has 5 heteroatoms. The molecule has 1 aliphatic carbocycles. The number of anilines is 1. The maximum absolute atomic E-state index is 13.8. The van der Waals surface area contributed by atoms with E-state index in [1.807, 2.05) is 6.92 Å². The number of hydrogen-bond acceptors (Lipinski definition) is 2. The lowest BCUT2D eigenvalue weighted by molar-refractivity contribution is 0.0696. The molecule has 1 atom stereocenters. The molecule has 0 spiro atoms. The van der Waals surface area contributed by atoms with Gasteiger partial charge >= 0.3 is 5.97 Å². The summed E-state index contributed by atoms with van der Waals surface area (Å²) in [5, 5.41) is 11.6. The largest absolute Gasteiger partial charge is 0.478 e. The minimum Gasteiger partial charge on any atom is -0.478 e. The predicted octanol–water partition coefficient (Wildman–Crippen LogP) is 3.65. The molecule has 0 bridgehead atoms. The van der Waals surface area contributed by atoms with Crippen LogP contribution in [0.1, 0.15) is 43.0 Å². The van der Waals surface area contributed by atoms with Gasteiger partial charge in [-0.25, -0.2) is 13.6 Å². The molecule has 0 aliphatic heterocycles. The van der Waals surface area contributed by atoms with Crippen molar-refractivity contribution in [2.75, 3.05) is 5.32 Å². The number of nitrogens with one attached hydrogen (secondary N) is 1. The lowest BCUT2D eigenvalue weighted by Gasteiger charge is -2.22. The van der Waals surface area contributed by atoms with Crippen molar-refractivity contribution in [3.8, 4) is 0 Å². The van der Waals surface area contributed by atoms with Crippen LogP contribution in [0, 0.1) is 17.6 Å². The summed E-state index contributed by atoms with van der Waals surface area (Å²) in [7, 11) is 0. The molecule has 1 unspecified atom stereocenters. The molecular formula is C14H17F2NO2. The molecule has 0 amide bonds. The standard InChI is InChI=1S/C14H17F2NO2/c1-8(9-4-2-3-5-9)17-13-11(15)6-10(14(18)19)7-12(13)16/h6-9,17H,2-5H2,1H3,(H,18,19). The number of halogens is 2. The van der Waals surface area contributed by atoms with Gasteiger partial charge in [-0.1, -0.05) is 12.8 Å². The van der Waals surface area contributed by atoms with Crippen LogP contribution >= 0.6 is 0 Å². The SMILES string of the molecule is CC(Nc1c(F)cc(C(=O)O)cc1F)C1CCCC1. The maximum atomic E-state index is 13.8. The van der Waals surface area contributed by atoms with Crippen molar-refractivity contribution in [3.05, 3.63) is 29.3 Å². The molecule has 2 rings (SSSR count). The highest BCUT2D eigenvalue weighted by atomic mass is 19.1. The Kier molecular flexibility index (Phi) is 4.02. The Balaban J connectivity index is 2.18. The fourth-order valence-electron chi connectivity index (χ4n) is 2.64. The van der Waals surface area contributed by atoms with Crippen LogP contribution in [-0.4, -0.2) is 17.1 Å². The smallest absolute Gasteiger partial charge is 0.335 e. The second-order valence-corrected chi connectivity index (χ2v) is 5.10. The molecule has 1 aromatic rings. The van der Waals surface area contributed by atoms with Crippen LogP contribution in [0.15, 0.2) is 12.1 Å². The van der Waals surface area contributed by atoms with Crippen LogP contribution in [0.25, 0.3) is 0 Å². The van der Waals surface area contributed by atoms with E-state index in [0.29, 0.717) is 5.92 Å². The van der Waals surface area contributed by atoms with Gasteiger partial charge in [-0.15, -0.1) is 0 Å². The first-order valence-corrected chi connectivity index (χ1v) is 6.48. The van der Waals surface area contributed by atoms with Crippen molar-refractivity contribution < 1.29 is 18.7 Å². The molecule has 0 radical (unpaired) electrons. The minimum absolute atomic E-state index is 0.0258. The number of hydrogen-bond donors (Lipinski definition) is 2. The van der Waals surface area contributed by atoms with E-state index in [-0.39, 0.29) is 17.3 Å². The third kappa shape index (κ3) is 3.03. The Morgan fingerprint density at radius 2 is 1.84 bits per heavy atom. The first-order chi connectivity index (χ1) is 8.99. The van der Waals surface area contributed by atoms with E-state index in [0.717, 1.165) is 37.8 Å². The molecule has 19 heavy (non-hydrogen) atoms. The van der Waals surface area contributed by atoms with Crippen molar-refractivity contribution >= 4 is 11.7 Å². The Labute approximate surface area is 110 Å². The van der Waals surface area contributed by atoms with Crippen LogP contribution in [0.2, 0.25) is 0 Å². The first-order valence-electron chi connectivity index (χ1n) is 6.48. The zero-order valence-corrected chi connectivity index (χ0v) is 10.7. The van der Waals surface area contributed by atoms with Crippen molar-refractivity contribution in [3.63, 3.8) is 0 Å². The molecular weight excluding hydrogens is 252 g/mol. The molecule has 2 N–H and O–H groups in total. The van der Waals surface area contributed by atoms with Crippen molar-refractivity contribution in [2.24, 2.45) is 5.92 Å².